The average molecular weight is 251 g/mol. The maximum absolute atomic E-state index is 5.85. The van der Waals surface area contributed by atoms with Crippen LogP contribution < -0.4 is 5.32 Å². The Morgan fingerprint density at radius 1 is 1.41 bits per heavy atom. The molecule has 1 unspecified atom stereocenters. The van der Waals surface area contributed by atoms with Gasteiger partial charge in [0, 0.05) is 25.6 Å². The Balaban J connectivity index is 2.35. The van der Waals surface area contributed by atoms with Crippen LogP contribution in [0.2, 0.25) is 5.02 Å². The summed E-state index contributed by atoms with van der Waals surface area (Å²) in [5.74, 6) is 0.946. The van der Waals surface area contributed by atoms with Crippen LogP contribution >= 0.6 is 11.6 Å². The zero-order valence-corrected chi connectivity index (χ0v) is 10.6. The number of nitrogens with zero attached hydrogens (tertiary/aromatic N) is 3. The number of hydrogen-bond acceptors (Lipinski definition) is 3. The van der Waals surface area contributed by atoms with E-state index in [1.807, 2.05) is 29.9 Å². The van der Waals surface area contributed by atoms with Crippen LogP contribution in [0.15, 0.2) is 30.7 Å². The third-order valence-electron chi connectivity index (χ3n) is 2.57. The van der Waals surface area contributed by atoms with Crippen LogP contribution in [-0.4, -0.2) is 21.1 Å². The SMILES string of the molecule is CCNC(c1ccc(Cl)cn1)c1nccn1C. The summed E-state index contributed by atoms with van der Waals surface area (Å²) < 4.78 is 1.99. The average Bonchev–Trinajstić information content (AvgIpc) is 2.74. The van der Waals surface area contributed by atoms with Gasteiger partial charge in [-0.15, -0.1) is 0 Å². The first-order valence-electron chi connectivity index (χ1n) is 5.54. The first-order chi connectivity index (χ1) is 8.22. The Kier molecular flexibility index (Phi) is 3.76. The van der Waals surface area contributed by atoms with E-state index >= 15 is 0 Å². The first-order valence-corrected chi connectivity index (χ1v) is 5.92. The molecule has 1 atom stereocenters. The zero-order valence-electron chi connectivity index (χ0n) is 9.89. The topological polar surface area (TPSA) is 42.7 Å². The molecule has 2 aromatic rings. The number of halogens is 1. The van der Waals surface area contributed by atoms with Crippen molar-refractivity contribution in [2.45, 2.75) is 13.0 Å². The van der Waals surface area contributed by atoms with Gasteiger partial charge in [0.25, 0.3) is 0 Å². The van der Waals surface area contributed by atoms with E-state index in [1.165, 1.54) is 0 Å². The summed E-state index contributed by atoms with van der Waals surface area (Å²) >= 11 is 5.85. The van der Waals surface area contributed by atoms with Crippen LogP contribution in [-0.2, 0) is 7.05 Å². The molecule has 0 radical (unpaired) electrons. The molecule has 17 heavy (non-hydrogen) atoms. The van der Waals surface area contributed by atoms with Crippen molar-refractivity contribution in [3.05, 3.63) is 47.3 Å². The molecule has 2 heterocycles. The first kappa shape index (κ1) is 12.1. The monoisotopic (exact) mass is 250 g/mol. The van der Waals surface area contributed by atoms with E-state index in [0.29, 0.717) is 5.02 Å². The van der Waals surface area contributed by atoms with E-state index in [9.17, 15) is 0 Å². The van der Waals surface area contributed by atoms with Gasteiger partial charge < -0.3 is 9.88 Å². The van der Waals surface area contributed by atoms with Crippen molar-refractivity contribution in [2.75, 3.05) is 6.54 Å². The molecule has 0 saturated carbocycles. The van der Waals surface area contributed by atoms with Crippen molar-refractivity contribution in [2.24, 2.45) is 7.05 Å². The molecule has 0 aliphatic carbocycles. The molecule has 0 amide bonds. The lowest BCUT2D eigenvalue weighted by Crippen LogP contribution is -2.25. The minimum Gasteiger partial charge on any atom is -0.336 e. The lowest BCUT2D eigenvalue weighted by molar-refractivity contribution is 0.565. The van der Waals surface area contributed by atoms with Gasteiger partial charge in [0.05, 0.1) is 10.7 Å². The summed E-state index contributed by atoms with van der Waals surface area (Å²) in [4.78, 5) is 8.71. The molecule has 90 valence electrons. The van der Waals surface area contributed by atoms with Crippen LogP contribution in [0.1, 0.15) is 24.5 Å². The Morgan fingerprint density at radius 3 is 2.76 bits per heavy atom. The second-order valence-electron chi connectivity index (χ2n) is 3.79. The fraction of sp³-hybridized carbons (Fsp3) is 0.333. The standard InChI is InChI=1S/C12H15ClN4/c1-3-14-11(12-15-6-7-17(12)2)10-5-4-9(13)8-16-10/h4-8,11,14H,3H2,1-2H3. The zero-order chi connectivity index (χ0) is 12.3. The maximum atomic E-state index is 5.85. The number of aryl methyl sites for hydroxylation is 1. The summed E-state index contributed by atoms with van der Waals surface area (Å²) in [7, 11) is 1.97. The fourth-order valence-electron chi connectivity index (χ4n) is 1.75. The van der Waals surface area contributed by atoms with Crippen molar-refractivity contribution >= 4 is 11.6 Å². The third kappa shape index (κ3) is 2.65. The van der Waals surface area contributed by atoms with Gasteiger partial charge in [-0.05, 0) is 18.7 Å². The predicted molar refractivity (Wildman–Crippen MR) is 68.0 cm³/mol. The van der Waals surface area contributed by atoms with Gasteiger partial charge in [0.2, 0.25) is 0 Å². The fourth-order valence-corrected chi connectivity index (χ4v) is 1.86. The molecule has 0 aliphatic heterocycles. The lowest BCUT2D eigenvalue weighted by atomic mass is 10.1. The third-order valence-corrected chi connectivity index (χ3v) is 2.79. The number of hydrogen-bond donors (Lipinski definition) is 1. The van der Waals surface area contributed by atoms with E-state index in [4.69, 9.17) is 11.6 Å². The van der Waals surface area contributed by atoms with Crippen molar-refractivity contribution in [1.82, 2.24) is 19.9 Å². The number of aromatic nitrogens is 3. The number of nitrogens with one attached hydrogen (secondary N) is 1. The quantitative estimate of drug-likeness (QED) is 0.904. The Hall–Kier alpha value is -1.39. The highest BCUT2D eigenvalue weighted by atomic mass is 35.5. The Bertz CT molecular complexity index is 478. The molecule has 2 aromatic heterocycles. The number of pyridine rings is 1. The minimum absolute atomic E-state index is 0.00253. The second kappa shape index (κ2) is 5.29. The van der Waals surface area contributed by atoms with Gasteiger partial charge in [-0.1, -0.05) is 18.5 Å². The highest BCUT2D eigenvalue weighted by Crippen LogP contribution is 2.19. The smallest absolute Gasteiger partial charge is 0.131 e. The summed E-state index contributed by atoms with van der Waals surface area (Å²) in [6.07, 6.45) is 5.37. The van der Waals surface area contributed by atoms with Gasteiger partial charge in [0.1, 0.15) is 11.9 Å². The molecule has 2 rings (SSSR count). The second-order valence-corrected chi connectivity index (χ2v) is 4.22. The molecule has 4 nitrogen and oxygen atoms in total. The largest absolute Gasteiger partial charge is 0.336 e. The summed E-state index contributed by atoms with van der Waals surface area (Å²) in [6, 6.07) is 3.76. The van der Waals surface area contributed by atoms with Gasteiger partial charge in [0.15, 0.2) is 0 Å². The highest BCUT2D eigenvalue weighted by molar-refractivity contribution is 6.30. The number of imidazole rings is 1. The normalized spacial score (nSPS) is 12.6. The van der Waals surface area contributed by atoms with Crippen LogP contribution in [0.25, 0.3) is 0 Å². The van der Waals surface area contributed by atoms with Gasteiger partial charge in [-0.25, -0.2) is 4.98 Å². The molecule has 0 aromatic carbocycles. The predicted octanol–water partition coefficient (Wildman–Crippen LogP) is 2.17. The van der Waals surface area contributed by atoms with Crippen molar-refractivity contribution in [3.8, 4) is 0 Å². The number of rotatable bonds is 4. The van der Waals surface area contributed by atoms with Crippen molar-refractivity contribution in [1.29, 1.82) is 0 Å². The van der Waals surface area contributed by atoms with Crippen LogP contribution in [0.5, 0.6) is 0 Å². The minimum atomic E-state index is -0.00253. The van der Waals surface area contributed by atoms with E-state index in [0.717, 1.165) is 18.1 Å². The van der Waals surface area contributed by atoms with Gasteiger partial charge >= 0.3 is 0 Å². The van der Waals surface area contributed by atoms with E-state index in [1.54, 1.807) is 12.4 Å². The van der Waals surface area contributed by atoms with Gasteiger partial charge in [-0.2, -0.15) is 0 Å². The molecule has 0 spiro atoms. The summed E-state index contributed by atoms with van der Waals surface area (Å²) in [5.41, 5.74) is 0.922. The van der Waals surface area contributed by atoms with E-state index in [-0.39, 0.29) is 6.04 Å². The molecule has 1 N–H and O–H groups in total. The van der Waals surface area contributed by atoms with Crippen LogP contribution in [0.4, 0.5) is 0 Å². The molecule has 0 bridgehead atoms. The molecular formula is C12H15ClN4. The maximum Gasteiger partial charge on any atom is 0.131 e. The molecule has 0 aliphatic rings. The van der Waals surface area contributed by atoms with Crippen molar-refractivity contribution < 1.29 is 0 Å². The molecule has 5 heteroatoms. The van der Waals surface area contributed by atoms with Gasteiger partial charge in [-0.3, -0.25) is 4.98 Å². The highest BCUT2D eigenvalue weighted by Gasteiger charge is 2.18. The van der Waals surface area contributed by atoms with Crippen LogP contribution in [0, 0.1) is 0 Å². The van der Waals surface area contributed by atoms with Crippen molar-refractivity contribution in [3.63, 3.8) is 0 Å². The summed E-state index contributed by atoms with van der Waals surface area (Å²) in [5, 5.41) is 4.02. The van der Waals surface area contributed by atoms with E-state index in [2.05, 4.69) is 22.2 Å². The summed E-state index contributed by atoms with van der Waals surface area (Å²) in [6.45, 7) is 2.91. The molecule has 0 fully saturated rings. The van der Waals surface area contributed by atoms with E-state index < -0.39 is 0 Å². The van der Waals surface area contributed by atoms with Crippen LogP contribution in [0.3, 0.4) is 0 Å². The molecular weight excluding hydrogens is 236 g/mol. The lowest BCUT2D eigenvalue weighted by Gasteiger charge is -2.17. The Morgan fingerprint density at radius 2 is 2.24 bits per heavy atom. The molecule has 0 saturated heterocycles. The Labute approximate surface area is 106 Å².